The number of hydrogen-bond donors (Lipinski definition) is 0. The van der Waals surface area contributed by atoms with E-state index in [9.17, 15) is 4.79 Å². The van der Waals surface area contributed by atoms with Crippen LogP contribution < -0.4 is 4.74 Å². The summed E-state index contributed by atoms with van der Waals surface area (Å²) in [6.07, 6.45) is 1.59. The number of aliphatic imine (C=N–C) groups is 1. The summed E-state index contributed by atoms with van der Waals surface area (Å²) in [5, 5.41) is 8.92. The highest BCUT2D eigenvalue weighted by atomic mass is 16.6. The van der Waals surface area contributed by atoms with Gasteiger partial charge in [-0.1, -0.05) is 24.3 Å². The number of cyclic esters (lactones) is 1. The number of rotatable bonds is 3. The van der Waals surface area contributed by atoms with E-state index in [-0.39, 0.29) is 11.6 Å². The van der Waals surface area contributed by atoms with E-state index in [0.29, 0.717) is 22.4 Å². The summed E-state index contributed by atoms with van der Waals surface area (Å²) >= 11 is 0. The van der Waals surface area contributed by atoms with Crippen LogP contribution in [0.4, 0.5) is 0 Å². The van der Waals surface area contributed by atoms with Crippen LogP contribution in [0.15, 0.2) is 59.2 Å². The third-order valence-electron chi connectivity index (χ3n) is 3.28. The second kappa shape index (κ2) is 6.16. The summed E-state index contributed by atoms with van der Waals surface area (Å²) in [5.74, 6) is 0.246. The van der Waals surface area contributed by atoms with Crippen molar-refractivity contribution in [1.82, 2.24) is 0 Å². The van der Waals surface area contributed by atoms with E-state index in [1.165, 1.54) is 0 Å². The van der Waals surface area contributed by atoms with Crippen molar-refractivity contribution in [3.8, 4) is 11.8 Å². The predicted octanol–water partition coefficient (Wildman–Crippen LogP) is 2.91. The number of nitrogens with zero attached hydrogens (tertiary/aromatic N) is 2. The topological polar surface area (TPSA) is 71.7 Å². The highest BCUT2D eigenvalue weighted by Gasteiger charge is 2.26. The quantitative estimate of drug-likeness (QED) is 0.645. The molecule has 0 spiro atoms. The van der Waals surface area contributed by atoms with Gasteiger partial charge in [0, 0.05) is 0 Å². The lowest BCUT2D eigenvalue weighted by molar-refractivity contribution is -0.129. The van der Waals surface area contributed by atoms with Gasteiger partial charge >= 0.3 is 5.97 Å². The molecule has 112 valence electrons. The van der Waals surface area contributed by atoms with Gasteiger partial charge in [-0.3, -0.25) is 0 Å². The van der Waals surface area contributed by atoms with Gasteiger partial charge in [-0.15, -0.1) is 0 Å². The van der Waals surface area contributed by atoms with Crippen LogP contribution in [0.1, 0.15) is 16.7 Å². The Labute approximate surface area is 133 Å². The van der Waals surface area contributed by atoms with Gasteiger partial charge in [-0.05, 0) is 35.9 Å². The molecule has 0 fully saturated rings. The molecular weight excluding hydrogens is 292 g/mol. The van der Waals surface area contributed by atoms with Crippen molar-refractivity contribution in [3.05, 3.63) is 70.9 Å². The number of hydrogen-bond acceptors (Lipinski definition) is 5. The van der Waals surface area contributed by atoms with Crippen molar-refractivity contribution in [1.29, 1.82) is 5.26 Å². The second-order valence-electron chi connectivity index (χ2n) is 4.77. The maximum Gasteiger partial charge on any atom is 0.363 e. The molecule has 0 atom stereocenters. The summed E-state index contributed by atoms with van der Waals surface area (Å²) in [4.78, 5) is 16.2. The van der Waals surface area contributed by atoms with E-state index in [1.807, 2.05) is 12.1 Å². The average molecular weight is 304 g/mol. The third-order valence-corrected chi connectivity index (χ3v) is 3.28. The lowest BCUT2D eigenvalue weighted by Crippen LogP contribution is -2.06. The first-order valence-corrected chi connectivity index (χ1v) is 6.87. The van der Waals surface area contributed by atoms with Crippen molar-refractivity contribution in [2.24, 2.45) is 4.99 Å². The smallest absolute Gasteiger partial charge is 0.363 e. The highest BCUT2D eigenvalue weighted by Crippen LogP contribution is 2.25. The molecule has 1 heterocycles. The lowest BCUT2D eigenvalue weighted by Gasteiger charge is -2.05. The van der Waals surface area contributed by atoms with Crippen LogP contribution >= 0.6 is 0 Å². The summed E-state index contributed by atoms with van der Waals surface area (Å²) < 4.78 is 10.5. The predicted molar refractivity (Wildman–Crippen MR) is 84.8 cm³/mol. The Bertz CT molecular complexity index is 876. The molecule has 5 nitrogen and oxygen atoms in total. The molecule has 1 aliphatic rings. The molecule has 0 unspecified atom stereocenters. The van der Waals surface area contributed by atoms with E-state index in [4.69, 9.17) is 14.7 Å². The molecule has 5 heteroatoms. The van der Waals surface area contributed by atoms with Crippen LogP contribution in [0, 0.1) is 11.3 Å². The van der Waals surface area contributed by atoms with Gasteiger partial charge in [0.1, 0.15) is 5.75 Å². The molecule has 2 aromatic rings. The molecule has 0 saturated heterocycles. The van der Waals surface area contributed by atoms with Gasteiger partial charge in [0.05, 0.1) is 24.3 Å². The van der Waals surface area contributed by atoms with Crippen LogP contribution in [-0.4, -0.2) is 19.0 Å². The van der Waals surface area contributed by atoms with Crippen LogP contribution in [0.3, 0.4) is 0 Å². The first-order valence-electron chi connectivity index (χ1n) is 6.87. The number of esters is 1. The Morgan fingerprint density at radius 3 is 2.83 bits per heavy atom. The van der Waals surface area contributed by atoms with Gasteiger partial charge in [0.2, 0.25) is 5.90 Å². The summed E-state index contributed by atoms with van der Waals surface area (Å²) in [6, 6.07) is 16.1. The molecule has 0 bridgehead atoms. The number of carbonyl (C=O) groups excluding carboxylic acids is 1. The fourth-order valence-corrected chi connectivity index (χ4v) is 2.20. The standard InChI is InChI=1S/C18H12N2O3/c1-22-16-8-3-2-7-14(16)17-20-15(18(21)23-17)10-12-5-4-6-13(9-12)11-19/h2-10H,1H3/b15-10-. The monoisotopic (exact) mass is 304 g/mol. The zero-order valence-electron chi connectivity index (χ0n) is 12.3. The average Bonchev–Trinajstić information content (AvgIpc) is 2.95. The Morgan fingerprint density at radius 2 is 2.04 bits per heavy atom. The van der Waals surface area contributed by atoms with Gasteiger partial charge in [-0.25, -0.2) is 9.79 Å². The summed E-state index contributed by atoms with van der Waals surface area (Å²) in [5.41, 5.74) is 2.01. The fraction of sp³-hybridized carbons (Fsp3) is 0.0556. The Kier molecular flexibility index (Phi) is 3.89. The van der Waals surface area contributed by atoms with Crippen molar-refractivity contribution in [3.63, 3.8) is 0 Å². The number of methoxy groups -OCH3 is 1. The molecule has 3 rings (SSSR count). The molecular formula is C18H12N2O3. The van der Waals surface area contributed by atoms with Crippen LogP contribution in [-0.2, 0) is 9.53 Å². The molecule has 0 N–H and O–H groups in total. The highest BCUT2D eigenvalue weighted by molar-refractivity contribution is 6.13. The lowest BCUT2D eigenvalue weighted by atomic mass is 10.1. The van der Waals surface area contributed by atoms with Crippen LogP contribution in [0.2, 0.25) is 0 Å². The Hall–Kier alpha value is -3.39. The molecule has 0 saturated carbocycles. The molecule has 23 heavy (non-hydrogen) atoms. The number of benzene rings is 2. The maximum atomic E-state index is 12.0. The van der Waals surface area contributed by atoms with E-state index in [1.54, 1.807) is 49.6 Å². The van der Waals surface area contributed by atoms with Crippen molar-refractivity contribution in [2.75, 3.05) is 7.11 Å². The second-order valence-corrected chi connectivity index (χ2v) is 4.77. The van der Waals surface area contributed by atoms with Gasteiger partial charge in [0.15, 0.2) is 5.70 Å². The van der Waals surface area contributed by atoms with E-state index < -0.39 is 5.97 Å². The first kappa shape index (κ1) is 14.5. The molecule has 0 aliphatic carbocycles. The maximum absolute atomic E-state index is 12.0. The number of carbonyl (C=O) groups is 1. The van der Waals surface area contributed by atoms with E-state index in [0.717, 1.165) is 0 Å². The van der Waals surface area contributed by atoms with Crippen molar-refractivity contribution in [2.45, 2.75) is 0 Å². The fourth-order valence-electron chi connectivity index (χ4n) is 2.20. The van der Waals surface area contributed by atoms with Crippen molar-refractivity contribution < 1.29 is 14.3 Å². The van der Waals surface area contributed by atoms with Crippen molar-refractivity contribution >= 4 is 17.9 Å². The van der Waals surface area contributed by atoms with Gasteiger partial charge in [-0.2, -0.15) is 5.26 Å². The number of ether oxygens (including phenoxy) is 2. The molecule has 2 aromatic carbocycles. The Balaban J connectivity index is 1.98. The Morgan fingerprint density at radius 1 is 1.22 bits per heavy atom. The van der Waals surface area contributed by atoms with E-state index in [2.05, 4.69) is 11.1 Å². The first-order chi connectivity index (χ1) is 11.2. The third kappa shape index (κ3) is 2.97. The summed E-state index contributed by atoms with van der Waals surface area (Å²) in [7, 11) is 1.54. The number of para-hydroxylation sites is 1. The normalized spacial score (nSPS) is 15.0. The van der Waals surface area contributed by atoms with Gasteiger partial charge in [0.25, 0.3) is 0 Å². The molecule has 1 aliphatic heterocycles. The zero-order valence-corrected chi connectivity index (χ0v) is 12.3. The molecule has 0 aromatic heterocycles. The van der Waals surface area contributed by atoms with Crippen LogP contribution in [0.5, 0.6) is 5.75 Å². The van der Waals surface area contributed by atoms with Crippen LogP contribution in [0.25, 0.3) is 6.08 Å². The molecule has 0 amide bonds. The SMILES string of the molecule is COc1ccccc1C1=N/C(=C\c2cccc(C#N)c2)C(=O)O1. The van der Waals surface area contributed by atoms with E-state index >= 15 is 0 Å². The molecule has 0 radical (unpaired) electrons. The minimum Gasteiger partial charge on any atom is -0.496 e. The summed E-state index contributed by atoms with van der Waals surface area (Å²) in [6.45, 7) is 0. The number of nitriles is 1. The van der Waals surface area contributed by atoms with Gasteiger partial charge < -0.3 is 9.47 Å². The largest absolute Gasteiger partial charge is 0.496 e. The minimum atomic E-state index is -0.534. The zero-order chi connectivity index (χ0) is 16.2. The minimum absolute atomic E-state index is 0.181.